The highest BCUT2D eigenvalue weighted by Crippen LogP contribution is 2.29. The van der Waals surface area contributed by atoms with Gasteiger partial charge < -0.3 is 15.2 Å². The van der Waals surface area contributed by atoms with E-state index in [1.165, 1.54) is 11.3 Å². The number of aromatic nitrogens is 1. The van der Waals surface area contributed by atoms with Crippen molar-refractivity contribution in [3.63, 3.8) is 0 Å². The molecule has 0 saturated carbocycles. The molecule has 5 nitrogen and oxygen atoms in total. The van der Waals surface area contributed by atoms with E-state index < -0.39 is 12.0 Å². The lowest BCUT2D eigenvalue weighted by Crippen LogP contribution is -2.25. The van der Waals surface area contributed by atoms with Gasteiger partial charge in [-0.05, 0) is 19.9 Å². The van der Waals surface area contributed by atoms with E-state index in [1.54, 1.807) is 7.05 Å². The van der Waals surface area contributed by atoms with E-state index in [1.807, 2.05) is 5.38 Å². The summed E-state index contributed by atoms with van der Waals surface area (Å²) in [5.41, 5.74) is 1.01. The van der Waals surface area contributed by atoms with Crippen molar-refractivity contribution < 1.29 is 14.6 Å². The van der Waals surface area contributed by atoms with E-state index in [9.17, 15) is 4.79 Å². The van der Waals surface area contributed by atoms with Crippen molar-refractivity contribution in [2.75, 3.05) is 20.3 Å². The number of thiazole rings is 1. The molecule has 0 radical (unpaired) electrons. The number of hydrogen-bond acceptors (Lipinski definition) is 5. The normalized spacial score (nSPS) is 19.1. The van der Waals surface area contributed by atoms with Gasteiger partial charge in [-0.15, -0.1) is 11.3 Å². The standard InChI is InChI=1S/C11H16N2O3S/c1-12-9(11(14)15)10-13-8(6-17-10)7-2-4-16-5-3-7/h6-7,9,12H,2-5H2,1H3,(H,14,15). The van der Waals surface area contributed by atoms with E-state index in [0.29, 0.717) is 10.9 Å². The first-order valence-corrected chi connectivity index (χ1v) is 6.53. The molecule has 2 heterocycles. The summed E-state index contributed by atoms with van der Waals surface area (Å²) in [6, 6.07) is -0.700. The zero-order valence-corrected chi connectivity index (χ0v) is 10.5. The third-order valence-corrected chi connectivity index (χ3v) is 3.89. The van der Waals surface area contributed by atoms with Crippen LogP contribution in [0.1, 0.15) is 35.5 Å². The molecule has 0 aliphatic carbocycles. The molecule has 1 aliphatic heterocycles. The lowest BCUT2D eigenvalue weighted by Gasteiger charge is -2.20. The predicted molar refractivity (Wildman–Crippen MR) is 64.3 cm³/mol. The van der Waals surface area contributed by atoms with Gasteiger partial charge in [0.1, 0.15) is 5.01 Å². The van der Waals surface area contributed by atoms with Crippen LogP contribution in [0.3, 0.4) is 0 Å². The molecule has 94 valence electrons. The Bertz CT molecular complexity index is 388. The molecule has 0 spiro atoms. The number of carbonyl (C=O) groups is 1. The Balaban J connectivity index is 2.11. The average molecular weight is 256 g/mol. The summed E-state index contributed by atoms with van der Waals surface area (Å²) in [5, 5.41) is 14.4. The summed E-state index contributed by atoms with van der Waals surface area (Å²) in [7, 11) is 1.63. The van der Waals surface area contributed by atoms with Gasteiger partial charge in [-0.3, -0.25) is 4.79 Å². The molecular formula is C11H16N2O3S. The summed E-state index contributed by atoms with van der Waals surface area (Å²) in [4.78, 5) is 15.4. The number of nitrogens with zero attached hydrogens (tertiary/aromatic N) is 1. The largest absolute Gasteiger partial charge is 0.480 e. The fourth-order valence-corrected chi connectivity index (χ4v) is 2.97. The van der Waals surface area contributed by atoms with Crippen LogP contribution in [0.2, 0.25) is 0 Å². The minimum Gasteiger partial charge on any atom is -0.480 e. The second kappa shape index (κ2) is 5.57. The molecular weight excluding hydrogens is 240 g/mol. The molecule has 1 aromatic rings. The van der Waals surface area contributed by atoms with Crippen LogP contribution in [-0.2, 0) is 9.53 Å². The van der Waals surface area contributed by atoms with E-state index in [0.717, 1.165) is 31.7 Å². The van der Waals surface area contributed by atoms with Gasteiger partial charge in [0, 0.05) is 24.5 Å². The highest BCUT2D eigenvalue weighted by atomic mass is 32.1. The third-order valence-electron chi connectivity index (χ3n) is 2.96. The fourth-order valence-electron chi connectivity index (χ4n) is 1.97. The van der Waals surface area contributed by atoms with Crippen molar-refractivity contribution in [1.82, 2.24) is 10.3 Å². The first-order chi connectivity index (χ1) is 8.22. The van der Waals surface area contributed by atoms with Crippen LogP contribution in [0, 0.1) is 0 Å². The van der Waals surface area contributed by atoms with Crippen molar-refractivity contribution in [1.29, 1.82) is 0 Å². The van der Waals surface area contributed by atoms with Gasteiger partial charge in [-0.1, -0.05) is 0 Å². The molecule has 0 bridgehead atoms. The SMILES string of the molecule is CNC(C(=O)O)c1nc(C2CCOCC2)cs1. The molecule has 1 atom stereocenters. The summed E-state index contributed by atoms with van der Waals surface area (Å²) in [5.74, 6) is -0.472. The van der Waals surface area contributed by atoms with Crippen LogP contribution in [0.15, 0.2) is 5.38 Å². The molecule has 2 rings (SSSR count). The molecule has 1 aromatic heterocycles. The van der Waals surface area contributed by atoms with E-state index >= 15 is 0 Å². The monoisotopic (exact) mass is 256 g/mol. The van der Waals surface area contributed by atoms with Crippen LogP contribution in [0.25, 0.3) is 0 Å². The van der Waals surface area contributed by atoms with Crippen molar-refractivity contribution in [2.45, 2.75) is 24.8 Å². The van der Waals surface area contributed by atoms with Gasteiger partial charge in [0.05, 0.1) is 5.69 Å². The predicted octanol–water partition coefficient (Wildman–Crippen LogP) is 1.38. The van der Waals surface area contributed by atoms with Crippen LogP contribution in [0.4, 0.5) is 0 Å². The second-order valence-corrected chi connectivity index (χ2v) is 4.95. The number of aliphatic carboxylic acids is 1. The Morgan fingerprint density at radius 2 is 2.35 bits per heavy atom. The Morgan fingerprint density at radius 3 is 2.94 bits per heavy atom. The fraction of sp³-hybridized carbons (Fsp3) is 0.636. The maximum absolute atomic E-state index is 11.0. The van der Waals surface area contributed by atoms with E-state index in [-0.39, 0.29) is 0 Å². The van der Waals surface area contributed by atoms with Gasteiger partial charge in [-0.25, -0.2) is 4.98 Å². The number of carboxylic acids is 1. The van der Waals surface area contributed by atoms with Crippen LogP contribution in [-0.4, -0.2) is 36.3 Å². The summed E-state index contributed by atoms with van der Waals surface area (Å²) in [6.45, 7) is 1.54. The number of likely N-dealkylation sites (N-methyl/N-ethyl adjacent to an activating group) is 1. The molecule has 1 saturated heterocycles. The molecule has 0 amide bonds. The van der Waals surface area contributed by atoms with Crippen molar-refractivity contribution in [2.24, 2.45) is 0 Å². The number of nitrogens with one attached hydrogen (secondary N) is 1. The first-order valence-electron chi connectivity index (χ1n) is 5.65. The summed E-state index contributed by atoms with van der Waals surface area (Å²) < 4.78 is 5.30. The van der Waals surface area contributed by atoms with Crippen molar-refractivity contribution in [3.05, 3.63) is 16.1 Å². The van der Waals surface area contributed by atoms with E-state index in [2.05, 4.69) is 10.3 Å². The Morgan fingerprint density at radius 1 is 1.65 bits per heavy atom. The summed E-state index contributed by atoms with van der Waals surface area (Å²) in [6.07, 6.45) is 1.95. The van der Waals surface area contributed by atoms with Crippen LogP contribution >= 0.6 is 11.3 Å². The number of carboxylic acid groups (broad SMARTS) is 1. The topological polar surface area (TPSA) is 71.5 Å². The lowest BCUT2D eigenvalue weighted by molar-refractivity contribution is -0.139. The molecule has 1 fully saturated rings. The minimum atomic E-state index is -0.889. The number of hydrogen-bond donors (Lipinski definition) is 2. The molecule has 6 heteroatoms. The zero-order chi connectivity index (χ0) is 12.3. The molecule has 2 N–H and O–H groups in total. The second-order valence-electron chi connectivity index (χ2n) is 4.06. The Labute approximate surface area is 104 Å². The van der Waals surface area contributed by atoms with Gasteiger partial charge in [0.25, 0.3) is 0 Å². The van der Waals surface area contributed by atoms with Gasteiger partial charge in [0.15, 0.2) is 6.04 Å². The minimum absolute atomic E-state index is 0.417. The average Bonchev–Trinajstić information content (AvgIpc) is 2.80. The highest BCUT2D eigenvalue weighted by Gasteiger charge is 2.24. The number of ether oxygens (including phenoxy) is 1. The first kappa shape index (κ1) is 12.5. The third kappa shape index (κ3) is 2.83. The maximum Gasteiger partial charge on any atom is 0.327 e. The summed E-state index contributed by atoms with van der Waals surface area (Å²) >= 11 is 1.41. The molecule has 0 aromatic carbocycles. The van der Waals surface area contributed by atoms with Gasteiger partial charge >= 0.3 is 5.97 Å². The molecule has 1 unspecified atom stereocenters. The van der Waals surface area contributed by atoms with Crippen LogP contribution < -0.4 is 5.32 Å². The maximum atomic E-state index is 11.0. The smallest absolute Gasteiger partial charge is 0.327 e. The quantitative estimate of drug-likeness (QED) is 0.851. The zero-order valence-electron chi connectivity index (χ0n) is 9.68. The Kier molecular flexibility index (Phi) is 4.09. The lowest BCUT2D eigenvalue weighted by atomic mass is 9.97. The van der Waals surface area contributed by atoms with Crippen molar-refractivity contribution >= 4 is 17.3 Å². The highest BCUT2D eigenvalue weighted by molar-refractivity contribution is 7.09. The van der Waals surface area contributed by atoms with Gasteiger partial charge in [0.2, 0.25) is 0 Å². The molecule has 17 heavy (non-hydrogen) atoms. The van der Waals surface area contributed by atoms with Gasteiger partial charge in [-0.2, -0.15) is 0 Å². The number of rotatable bonds is 4. The van der Waals surface area contributed by atoms with Crippen LogP contribution in [0.5, 0.6) is 0 Å². The Hall–Kier alpha value is -0.980. The van der Waals surface area contributed by atoms with Crippen molar-refractivity contribution in [3.8, 4) is 0 Å². The molecule has 1 aliphatic rings. The van der Waals surface area contributed by atoms with E-state index in [4.69, 9.17) is 9.84 Å².